The Hall–Kier alpha value is -1.65. The van der Waals surface area contributed by atoms with Crippen LogP contribution in [-0.2, 0) is 9.78 Å². The van der Waals surface area contributed by atoms with Gasteiger partial charge in [-0.25, -0.2) is 4.79 Å². The standard InChI is InChI=1S/C23H34O3Si/c1-7-27(8-2,9-3)20-13-11-19(12-14-20)23(24)26-25-22-16-18(6)10-15-21(22)17(4)5/h7-8,11-14,17-18,21-22H,1-2,9-10,15-16H2,3-6H3. The van der Waals surface area contributed by atoms with Crippen LogP contribution in [0.4, 0.5) is 0 Å². The molecule has 0 aromatic heterocycles. The molecule has 2 rings (SSSR count). The van der Waals surface area contributed by atoms with Crippen molar-refractivity contribution in [3.05, 3.63) is 54.4 Å². The van der Waals surface area contributed by atoms with Crippen LogP contribution >= 0.6 is 0 Å². The molecule has 3 unspecified atom stereocenters. The predicted molar refractivity (Wildman–Crippen MR) is 114 cm³/mol. The Labute approximate surface area is 165 Å². The van der Waals surface area contributed by atoms with Crippen molar-refractivity contribution in [2.75, 3.05) is 0 Å². The molecule has 0 amide bonds. The summed E-state index contributed by atoms with van der Waals surface area (Å²) in [6.45, 7) is 16.8. The molecule has 0 N–H and O–H groups in total. The lowest BCUT2D eigenvalue weighted by Crippen LogP contribution is -2.43. The van der Waals surface area contributed by atoms with E-state index in [1.54, 1.807) is 0 Å². The largest absolute Gasteiger partial charge is 0.373 e. The summed E-state index contributed by atoms with van der Waals surface area (Å²) in [5.41, 5.74) is 4.58. The lowest BCUT2D eigenvalue weighted by atomic mass is 9.75. The summed E-state index contributed by atoms with van der Waals surface area (Å²) in [6, 6.07) is 8.62. The first-order valence-corrected chi connectivity index (χ1v) is 12.5. The maximum atomic E-state index is 12.4. The third-order valence-corrected chi connectivity index (χ3v) is 10.2. The summed E-state index contributed by atoms with van der Waals surface area (Å²) < 4.78 is 0. The average molecular weight is 387 g/mol. The number of carbonyl (C=O) groups excluding carboxylic acids is 1. The molecule has 0 aliphatic heterocycles. The van der Waals surface area contributed by atoms with Crippen LogP contribution in [0, 0.1) is 17.8 Å². The molecule has 1 saturated carbocycles. The smallest absolute Gasteiger partial charge is 0.293 e. The molecule has 1 fully saturated rings. The summed E-state index contributed by atoms with van der Waals surface area (Å²) in [4.78, 5) is 23.3. The number of hydrogen-bond donors (Lipinski definition) is 0. The first-order valence-electron chi connectivity index (χ1n) is 10.1. The molecule has 1 aromatic rings. The van der Waals surface area contributed by atoms with Gasteiger partial charge in [0.1, 0.15) is 14.2 Å². The Morgan fingerprint density at radius 2 is 1.85 bits per heavy atom. The number of benzene rings is 1. The molecule has 3 nitrogen and oxygen atoms in total. The highest BCUT2D eigenvalue weighted by molar-refractivity contribution is 6.99. The molecule has 1 aliphatic carbocycles. The van der Waals surface area contributed by atoms with Gasteiger partial charge in [-0.15, -0.1) is 13.2 Å². The zero-order valence-electron chi connectivity index (χ0n) is 17.2. The minimum absolute atomic E-state index is 0.0151. The van der Waals surface area contributed by atoms with Crippen LogP contribution in [0.2, 0.25) is 6.04 Å². The minimum atomic E-state index is -1.88. The van der Waals surface area contributed by atoms with E-state index in [1.807, 2.05) is 35.7 Å². The van der Waals surface area contributed by atoms with Crippen LogP contribution in [-0.4, -0.2) is 20.1 Å². The fourth-order valence-corrected chi connectivity index (χ4v) is 6.52. The zero-order valence-corrected chi connectivity index (χ0v) is 18.2. The van der Waals surface area contributed by atoms with E-state index < -0.39 is 14.0 Å². The molecule has 1 aliphatic rings. The van der Waals surface area contributed by atoms with Gasteiger partial charge < -0.3 is 0 Å². The fourth-order valence-electron chi connectivity index (χ4n) is 4.11. The van der Waals surface area contributed by atoms with Gasteiger partial charge >= 0.3 is 5.97 Å². The first kappa shape index (κ1) is 21.6. The van der Waals surface area contributed by atoms with Crippen molar-refractivity contribution in [3.8, 4) is 0 Å². The molecular weight excluding hydrogens is 352 g/mol. The molecule has 1 aromatic carbocycles. The van der Waals surface area contributed by atoms with Gasteiger partial charge in [-0.05, 0) is 48.8 Å². The Morgan fingerprint density at radius 3 is 2.37 bits per heavy atom. The number of hydrogen-bond acceptors (Lipinski definition) is 3. The van der Waals surface area contributed by atoms with Crippen LogP contribution < -0.4 is 5.19 Å². The lowest BCUT2D eigenvalue weighted by molar-refractivity contribution is -0.296. The van der Waals surface area contributed by atoms with Gasteiger partial charge in [-0.2, -0.15) is 4.89 Å². The van der Waals surface area contributed by atoms with Gasteiger partial charge in [0, 0.05) is 0 Å². The topological polar surface area (TPSA) is 35.5 Å². The van der Waals surface area contributed by atoms with Gasteiger partial charge in [0.05, 0.1) is 5.56 Å². The van der Waals surface area contributed by atoms with E-state index in [2.05, 4.69) is 40.9 Å². The van der Waals surface area contributed by atoms with E-state index in [9.17, 15) is 4.79 Å². The highest BCUT2D eigenvalue weighted by Gasteiger charge is 2.33. The van der Waals surface area contributed by atoms with E-state index in [-0.39, 0.29) is 6.10 Å². The monoisotopic (exact) mass is 386 g/mol. The third-order valence-electron chi connectivity index (χ3n) is 6.18. The Balaban J connectivity index is 2.03. The SMILES string of the molecule is C=C[Si](C=C)(CC)c1ccc(C(=O)OOC2CC(C)CCC2C(C)C)cc1. The normalized spacial score (nSPS) is 23.1. The van der Waals surface area contributed by atoms with Crippen molar-refractivity contribution in [2.45, 2.75) is 59.1 Å². The van der Waals surface area contributed by atoms with Gasteiger partial charge in [0.15, 0.2) is 0 Å². The summed E-state index contributed by atoms with van der Waals surface area (Å²) in [5.74, 6) is 1.13. The van der Waals surface area contributed by atoms with Crippen LogP contribution in [0.1, 0.15) is 57.3 Å². The highest BCUT2D eigenvalue weighted by Crippen LogP contribution is 2.35. The zero-order chi connectivity index (χ0) is 20.0. The molecule has 4 heteroatoms. The summed E-state index contributed by atoms with van der Waals surface area (Å²) >= 11 is 0. The van der Waals surface area contributed by atoms with Crippen molar-refractivity contribution < 1.29 is 14.6 Å². The van der Waals surface area contributed by atoms with Gasteiger partial charge in [-0.3, -0.25) is 4.89 Å². The summed E-state index contributed by atoms with van der Waals surface area (Å²) in [5, 5.41) is 1.20. The quantitative estimate of drug-likeness (QED) is 0.343. The Kier molecular flexibility index (Phi) is 7.63. The Bertz CT molecular complexity index is 642. The Morgan fingerprint density at radius 1 is 1.22 bits per heavy atom. The van der Waals surface area contributed by atoms with Crippen LogP contribution in [0.3, 0.4) is 0 Å². The molecular formula is C23H34O3Si. The fraction of sp³-hybridized carbons (Fsp3) is 0.522. The van der Waals surface area contributed by atoms with Gasteiger partial charge in [0.2, 0.25) is 0 Å². The van der Waals surface area contributed by atoms with Crippen LogP contribution in [0.15, 0.2) is 48.8 Å². The molecule has 0 radical (unpaired) electrons. The minimum Gasteiger partial charge on any atom is -0.293 e. The van der Waals surface area contributed by atoms with E-state index in [0.29, 0.717) is 23.3 Å². The van der Waals surface area contributed by atoms with E-state index in [4.69, 9.17) is 9.78 Å². The maximum absolute atomic E-state index is 12.4. The average Bonchev–Trinajstić information content (AvgIpc) is 2.68. The second-order valence-corrected chi connectivity index (χ2v) is 12.4. The number of carbonyl (C=O) groups is 1. The maximum Gasteiger partial charge on any atom is 0.373 e. The van der Waals surface area contributed by atoms with Gasteiger partial charge in [-0.1, -0.05) is 62.8 Å². The molecule has 27 heavy (non-hydrogen) atoms. The van der Waals surface area contributed by atoms with Crippen LogP contribution in [0.5, 0.6) is 0 Å². The van der Waals surface area contributed by atoms with E-state index in [1.165, 1.54) is 11.6 Å². The molecule has 148 valence electrons. The predicted octanol–water partition coefficient (Wildman–Crippen LogP) is 5.36. The third kappa shape index (κ3) is 4.99. The van der Waals surface area contributed by atoms with E-state index >= 15 is 0 Å². The molecule has 3 atom stereocenters. The number of rotatable bonds is 8. The van der Waals surface area contributed by atoms with Crippen molar-refractivity contribution >= 4 is 19.2 Å². The lowest BCUT2D eigenvalue weighted by Gasteiger charge is -2.35. The molecule has 0 heterocycles. The summed E-state index contributed by atoms with van der Waals surface area (Å²) in [6.07, 6.45) is 3.27. The molecule has 0 spiro atoms. The van der Waals surface area contributed by atoms with Crippen molar-refractivity contribution in [1.82, 2.24) is 0 Å². The van der Waals surface area contributed by atoms with E-state index in [0.717, 1.165) is 18.9 Å². The van der Waals surface area contributed by atoms with Crippen molar-refractivity contribution in [1.29, 1.82) is 0 Å². The molecule has 0 saturated heterocycles. The first-order chi connectivity index (χ1) is 12.9. The van der Waals surface area contributed by atoms with Crippen LogP contribution in [0.25, 0.3) is 0 Å². The molecule has 0 bridgehead atoms. The van der Waals surface area contributed by atoms with Gasteiger partial charge in [0.25, 0.3) is 0 Å². The second-order valence-electron chi connectivity index (χ2n) is 8.21. The second kappa shape index (κ2) is 9.51. The van der Waals surface area contributed by atoms with Crippen molar-refractivity contribution in [2.24, 2.45) is 17.8 Å². The highest BCUT2D eigenvalue weighted by atomic mass is 28.3. The summed E-state index contributed by atoms with van der Waals surface area (Å²) in [7, 11) is -1.88. The van der Waals surface area contributed by atoms with Crippen molar-refractivity contribution in [3.63, 3.8) is 0 Å².